The molecule has 0 heteroatoms. The largest absolute Gasteiger partial charge is 0.0651 e. The zero-order valence-corrected chi connectivity index (χ0v) is 20.7. The lowest BCUT2D eigenvalue weighted by molar-refractivity contribution is 0.515. The third-order valence-corrected chi connectivity index (χ3v) is 5.56. The minimum Gasteiger partial charge on any atom is -0.0651 e. The van der Waals surface area contributed by atoms with Gasteiger partial charge in [-0.05, 0) is 68.9 Å². The number of rotatable bonds is 6. The van der Waals surface area contributed by atoms with Gasteiger partial charge in [0.1, 0.15) is 0 Å². The van der Waals surface area contributed by atoms with E-state index in [0.29, 0.717) is 0 Å². The third-order valence-electron chi connectivity index (χ3n) is 5.56. The highest BCUT2D eigenvalue weighted by molar-refractivity contribution is 5.59. The zero-order chi connectivity index (χ0) is 21.2. The maximum Gasteiger partial charge on any atom is -0.0126 e. The van der Waals surface area contributed by atoms with Crippen LogP contribution in [0.1, 0.15) is 136 Å². The molecule has 0 nitrogen and oxygen atoms in total. The van der Waals surface area contributed by atoms with Gasteiger partial charge in [-0.1, -0.05) is 102 Å². The van der Waals surface area contributed by atoms with E-state index in [1.807, 2.05) is 0 Å². The summed E-state index contributed by atoms with van der Waals surface area (Å²) in [6.45, 7) is 28.9. The van der Waals surface area contributed by atoms with Crippen LogP contribution in [0.25, 0.3) is 0 Å². The Morgan fingerprint density at radius 1 is 0.407 bits per heavy atom. The summed E-state index contributed by atoms with van der Waals surface area (Å²) in [6.07, 6.45) is 7.28. The van der Waals surface area contributed by atoms with E-state index in [4.69, 9.17) is 0 Å². The number of hydrogen-bond acceptors (Lipinski definition) is 0. The Labute approximate surface area is 171 Å². The molecule has 0 fully saturated rings. The van der Waals surface area contributed by atoms with Crippen molar-refractivity contribution in [3.63, 3.8) is 0 Å². The average molecular weight is 373 g/mol. The van der Waals surface area contributed by atoms with Crippen molar-refractivity contribution in [3.8, 4) is 0 Å². The smallest absolute Gasteiger partial charge is 0.0126 e. The highest BCUT2D eigenvalue weighted by atomic mass is 14.4. The summed E-state index contributed by atoms with van der Waals surface area (Å²) < 4.78 is 0. The fourth-order valence-corrected chi connectivity index (χ4v) is 5.14. The molecule has 0 saturated carbocycles. The van der Waals surface area contributed by atoms with Gasteiger partial charge in [-0.15, -0.1) is 0 Å². The van der Waals surface area contributed by atoms with Crippen LogP contribution in [-0.4, -0.2) is 0 Å². The van der Waals surface area contributed by atoms with E-state index in [-0.39, 0.29) is 16.2 Å². The Morgan fingerprint density at radius 2 is 0.593 bits per heavy atom. The first-order chi connectivity index (χ1) is 12.2. The summed E-state index contributed by atoms with van der Waals surface area (Å²) in [5, 5.41) is 0. The summed E-state index contributed by atoms with van der Waals surface area (Å²) in [7, 11) is 0. The fraction of sp³-hybridized carbons (Fsp3) is 0.778. The highest BCUT2D eigenvalue weighted by Gasteiger charge is 2.35. The van der Waals surface area contributed by atoms with Crippen LogP contribution in [0.15, 0.2) is 0 Å². The predicted molar refractivity (Wildman–Crippen MR) is 125 cm³/mol. The van der Waals surface area contributed by atoms with Crippen LogP contribution in [0.3, 0.4) is 0 Å². The molecule has 0 aliphatic rings. The Morgan fingerprint density at radius 3 is 0.704 bits per heavy atom. The number of benzene rings is 1. The third kappa shape index (κ3) is 5.39. The van der Waals surface area contributed by atoms with Crippen LogP contribution >= 0.6 is 0 Å². The maximum atomic E-state index is 2.43. The van der Waals surface area contributed by atoms with Crippen molar-refractivity contribution in [3.05, 3.63) is 33.4 Å². The molecule has 156 valence electrons. The molecule has 0 aliphatic heterocycles. The molecule has 0 heterocycles. The van der Waals surface area contributed by atoms with Crippen molar-refractivity contribution < 1.29 is 0 Å². The van der Waals surface area contributed by atoms with Gasteiger partial charge in [0.2, 0.25) is 0 Å². The molecular weight excluding hydrogens is 324 g/mol. The van der Waals surface area contributed by atoms with Gasteiger partial charge < -0.3 is 0 Å². The summed E-state index contributed by atoms with van der Waals surface area (Å²) in [5.41, 5.74) is 10.6. The first-order valence-corrected chi connectivity index (χ1v) is 11.4. The Kier molecular flexibility index (Phi) is 7.82. The summed E-state index contributed by atoms with van der Waals surface area (Å²) in [6, 6.07) is 0. The second-order valence-corrected chi connectivity index (χ2v) is 11.6. The van der Waals surface area contributed by atoms with Crippen LogP contribution in [0.5, 0.6) is 0 Å². The van der Waals surface area contributed by atoms with E-state index in [1.54, 1.807) is 33.4 Å². The Balaban J connectivity index is 4.31. The van der Waals surface area contributed by atoms with Crippen LogP contribution in [0.2, 0.25) is 0 Å². The normalized spacial score (nSPS) is 13.3. The van der Waals surface area contributed by atoms with Crippen molar-refractivity contribution in [2.45, 2.75) is 138 Å². The minimum atomic E-state index is 0.180. The van der Waals surface area contributed by atoms with Crippen LogP contribution in [-0.2, 0) is 35.5 Å². The van der Waals surface area contributed by atoms with Gasteiger partial charge in [-0.2, -0.15) is 0 Å². The van der Waals surface area contributed by atoms with Gasteiger partial charge in [0.05, 0.1) is 0 Å². The fourth-order valence-electron chi connectivity index (χ4n) is 5.14. The van der Waals surface area contributed by atoms with E-state index in [0.717, 1.165) is 0 Å². The lowest BCUT2D eigenvalue weighted by Gasteiger charge is -2.40. The van der Waals surface area contributed by atoms with E-state index in [2.05, 4.69) is 83.1 Å². The molecule has 1 rings (SSSR count). The zero-order valence-electron chi connectivity index (χ0n) is 20.7. The maximum absolute atomic E-state index is 2.43. The van der Waals surface area contributed by atoms with E-state index < -0.39 is 0 Å². The Bertz CT molecular complexity index is 512. The van der Waals surface area contributed by atoms with Crippen molar-refractivity contribution in [2.24, 2.45) is 0 Å². The second kappa shape index (κ2) is 8.71. The van der Waals surface area contributed by atoms with E-state index >= 15 is 0 Å². The van der Waals surface area contributed by atoms with Crippen molar-refractivity contribution in [2.75, 3.05) is 0 Å². The molecule has 0 atom stereocenters. The summed E-state index contributed by atoms with van der Waals surface area (Å²) in [4.78, 5) is 0. The molecule has 1 aromatic rings. The van der Waals surface area contributed by atoms with Crippen LogP contribution in [0.4, 0.5) is 0 Å². The van der Waals surface area contributed by atoms with Gasteiger partial charge in [0.25, 0.3) is 0 Å². The lowest BCUT2D eigenvalue weighted by atomic mass is 9.65. The standard InChI is InChI=1S/C27H48/c1-13-16-19-22(25(4,5)6)20(17-14-2)24(27(10,11)12)21(18-15-3)23(19)26(7,8)9/h13-18H2,1-12H3. The van der Waals surface area contributed by atoms with Crippen LogP contribution < -0.4 is 0 Å². The molecule has 0 bridgehead atoms. The van der Waals surface area contributed by atoms with E-state index in [9.17, 15) is 0 Å². The Hall–Kier alpha value is -0.780. The molecule has 0 aliphatic carbocycles. The topological polar surface area (TPSA) is 0 Å². The molecule has 0 saturated heterocycles. The molecule has 0 unspecified atom stereocenters. The molecule has 1 aromatic carbocycles. The molecule has 0 spiro atoms. The molecular formula is C27H48. The highest BCUT2D eigenvalue weighted by Crippen LogP contribution is 2.46. The molecule has 0 N–H and O–H groups in total. The van der Waals surface area contributed by atoms with Gasteiger partial charge >= 0.3 is 0 Å². The van der Waals surface area contributed by atoms with E-state index in [1.165, 1.54) is 38.5 Å². The first kappa shape index (κ1) is 24.3. The monoisotopic (exact) mass is 372 g/mol. The SMILES string of the molecule is CCCc1c(C(C)(C)C)c(CCC)c(C(C)(C)C)c(CCC)c1C(C)(C)C. The van der Waals surface area contributed by atoms with Gasteiger partial charge in [0.15, 0.2) is 0 Å². The summed E-state index contributed by atoms with van der Waals surface area (Å²) >= 11 is 0. The molecule has 27 heavy (non-hydrogen) atoms. The minimum absolute atomic E-state index is 0.180. The predicted octanol–water partition coefficient (Wildman–Crippen LogP) is 8.44. The summed E-state index contributed by atoms with van der Waals surface area (Å²) in [5.74, 6) is 0. The van der Waals surface area contributed by atoms with Crippen molar-refractivity contribution in [1.82, 2.24) is 0 Å². The molecule has 0 aromatic heterocycles. The average Bonchev–Trinajstić information content (AvgIpc) is 2.43. The van der Waals surface area contributed by atoms with Gasteiger partial charge in [-0.3, -0.25) is 0 Å². The quantitative estimate of drug-likeness (QED) is 0.470. The van der Waals surface area contributed by atoms with Crippen LogP contribution in [0, 0.1) is 0 Å². The van der Waals surface area contributed by atoms with Crippen molar-refractivity contribution in [1.29, 1.82) is 0 Å². The second-order valence-electron chi connectivity index (χ2n) is 11.6. The molecule has 0 amide bonds. The van der Waals surface area contributed by atoms with Gasteiger partial charge in [0, 0.05) is 0 Å². The lowest BCUT2D eigenvalue weighted by Crippen LogP contribution is -2.30. The van der Waals surface area contributed by atoms with Gasteiger partial charge in [-0.25, -0.2) is 0 Å². The number of hydrogen-bond donors (Lipinski definition) is 0. The van der Waals surface area contributed by atoms with Crippen molar-refractivity contribution >= 4 is 0 Å². The first-order valence-electron chi connectivity index (χ1n) is 11.4. The molecule has 0 radical (unpaired) electrons.